The van der Waals surface area contributed by atoms with E-state index in [1.807, 2.05) is 0 Å². The monoisotopic (exact) mass is 182 g/mol. The summed E-state index contributed by atoms with van der Waals surface area (Å²) in [5, 5.41) is 18.5. The SMILES string of the molecule is COc1c(C)c(O)cc(O)c1C=O. The highest BCUT2D eigenvalue weighted by molar-refractivity contribution is 5.85. The molecule has 0 spiro atoms. The van der Waals surface area contributed by atoms with Gasteiger partial charge in [-0.1, -0.05) is 0 Å². The van der Waals surface area contributed by atoms with Gasteiger partial charge in [-0.25, -0.2) is 0 Å². The summed E-state index contributed by atoms with van der Waals surface area (Å²) in [5.41, 5.74) is 0.486. The molecule has 0 unspecified atom stereocenters. The number of aldehydes is 1. The molecular weight excluding hydrogens is 172 g/mol. The molecule has 4 heteroatoms. The lowest BCUT2D eigenvalue weighted by Crippen LogP contribution is -1.94. The van der Waals surface area contributed by atoms with Crippen LogP contribution in [0.5, 0.6) is 17.2 Å². The zero-order valence-corrected chi connectivity index (χ0v) is 7.37. The number of hydrogen-bond acceptors (Lipinski definition) is 4. The van der Waals surface area contributed by atoms with Gasteiger partial charge in [0.1, 0.15) is 17.2 Å². The summed E-state index contributed by atoms with van der Waals surface area (Å²) in [6.07, 6.45) is 0.487. The zero-order chi connectivity index (χ0) is 10.0. The molecule has 4 nitrogen and oxygen atoms in total. The van der Waals surface area contributed by atoms with Crippen LogP contribution in [0.4, 0.5) is 0 Å². The molecule has 2 N–H and O–H groups in total. The molecule has 0 saturated carbocycles. The van der Waals surface area contributed by atoms with E-state index in [9.17, 15) is 15.0 Å². The Kier molecular flexibility index (Phi) is 2.41. The number of aromatic hydroxyl groups is 2. The molecule has 0 amide bonds. The topological polar surface area (TPSA) is 66.8 Å². The van der Waals surface area contributed by atoms with E-state index in [1.54, 1.807) is 6.92 Å². The summed E-state index contributed by atoms with van der Waals surface area (Å²) in [7, 11) is 1.37. The number of rotatable bonds is 2. The van der Waals surface area contributed by atoms with Crippen molar-refractivity contribution in [3.8, 4) is 17.2 Å². The first-order valence-electron chi connectivity index (χ1n) is 3.66. The van der Waals surface area contributed by atoms with Crippen LogP contribution in [0.25, 0.3) is 0 Å². The average molecular weight is 182 g/mol. The Morgan fingerprint density at radius 1 is 1.38 bits per heavy atom. The fourth-order valence-electron chi connectivity index (χ4n) is 1.13. The summed E-state index contributed by atoms with van der Waals surface area (Å²) < 4.78 is 4.88. The van der Waals surface area contributed by atoms with E-state index in [0.29, 0.717) is 11.8 Å². The van der Waals surface area contributed by atoms with Crippen molar-refractivity contribution in [3.63, 3.8) is 0 Å². The second-order valence-electron chi connectivity index (χ2n) is 2.60. The highest BCUT2D eigenvalue weighted by Gasteiger charge is 2.14. The molecule has 0 aliphatic rings. The molecule has 0 bridgehead atoms. The van der Waals surface area contributed by atoms with Crippen LogP contribution < -0.4 is 4.74 Å². The Morgan fingerprint density at radius 3 is 2.46 bits per heavy atom. The van der Waals surface area contributed by atoms with Crippen LogP contribution in [-0.4, -0.2) is 23.6 Å². The first-order chi connectivity index (χ1) is 6.11. The van der Waals surface area contributed by atoms with Crippen molar-refractivity contribution < 1.29 is 19.7 Å². The largest absolute Gasteiger partial charge is 0.507 e. The number of phenolic OH excluding ortho intramolecular Hbond substituents is 2. The number of benzene rings is 1. The maximum Gasteiger partial charge on any atom is 0.157 e. The Morgan fingerprint density at radius 2 is 2.00 bits per heavy atom. The summed E-state index contributed by atoms with van der Waals surface area (Å²) in [6.45, 7) is 1.60. The molecule has 0 saturated heterocycles. The lowest BCUT2D eigenvalue weighted by molar-refractivity contribution is 0.111. The van der Waals surface area contributed by atoms with Crippen LogP contribution in [0.2, 0.25) is 0 Å². The van der Waals surface area contributed by atoms with Gasteiger partial charge in [-0.3, -0.25) is 4.79 Å². The molecule has 1 aromatic rings. The van der Waals surface area contributed by atoms with Crippen molar-refractivity contribution in [3.05, 3.63) is 17.2 Å². The van der Waals surface area contributed by atoms with Crippen LogP contribution in [-0.2, 0) is 0 Å². The zero-order valence-electron chi connectivity index (χ0n) is 7.37. The Labute approximate surface area is 75.4 Å². The van der Waals surface area contributed by atoms with Gasteiger partial charge in [-0.2, -0.15) is 0 Å². The molecule has 13 heavy (non-hydrogen) atoms. The molecular formula is C9H10O4. The molecule has 0 atom stereocenters. The fourth-order valence-corrected chi connectivity index (χ4v) is 1.13. The first kappa shape index (κ1) is 9.38. The summed E-state index contributed by atoms with van der Waals surface area (Å²) in [6, 6.07) is 1.11. The van der Waals surface area contributed by atoms with Crippen LogP contribution in [0.3, 0.4) is 0 Å². The summed E-state index contributed by atoms with van der Waals surface area (Å²) in [4.78, 5) is 10.5. The van der Waals surface area contributed by atoms with Crippen LogP contribution in [0.15, 0.2) is 6.07 Å². The van der Waals surface area contributed by atoms with Gasteiger partial charge in [0, 0.05) is 11.6 Å². The normalized spacial score (nSPS) is 9.69. The van der Waals surface area contributed by atoms with E-state index in [1.165, 1.54) is 7.11 Å². The van der Waals surface area contributed by atoms with Crippen LogP contribution >= 0.6 is 0 Å². The number of carbonyl (C=O) groups excluding carboxylic acids is 1. The predicted molar refractivity (Wildman–Crippen MR) is 46.4 cm³/mol. The average Bonchev–Trinajstić information content (AvgIpc) is 2.10. The molecule has 0 radical (unpaired) electrons. The highest BCUT2D eigenvalue weighted by atomic mass is 16.5. The summed E-state index contributed by atoms with van der Waals surface area (Å²) in [5.74, 6) is -0.178. The maximum absolute atomic E-state index is 10.5. The van der Waals surface area contributed by atoms with Gasteiger partial charge in [0.15, 0.2) is 6.29 Å². The second-order valence-corrected chi connectivity index (χ2v) is 2.60. The maximum atomic E-state index is 10.5. The highest BCUT2D eigenvalue weighted by Crippen LogP contribution is 2.35. The second kappa shape index (κ2) is 3.35. The van der Waals surface area contributed by atoms with Crippen molar-refractivity contribution in [2.45, 2.75) is 6.92 Å². The fraction of sp³-hybridized carbons (Fsp3) is 0.222. The number of methoxy groups -OCH3 is 1. The van der Waals surface area contributed by atoms with Crippen molar-refractivity contribution >= 4 is 6.29 Å². The van der Waals surface area contributed by atoms with E-state index < -0.39 is 0 Å². The predicted octanol–water partition coefficient (Wildman–Crippen LogP) is 1.23. The van der Waals surface area contributed by atoms with Gasteiger partial charge in [0.2, 0.25) is 0 Å². The van der Waals surface area contributed by atoms with Crippen LogP contribution in [0, 0.1) is 6.92 Å². The lowest BCUT2D eigenvalue weighted by atomic mass is 10.1. The van der Waals surface area contributed by atoms with E-state index in [-0.39, 0.29) is 22.8 Å². The minimum Gasteiger partial charge on any atom is -0.507 e. The molecule has 0 fully saturated rings. The number of hydrogen-bond donors (Lipinski definition) is 2. The molecule has 70 valence electrons. The third-order valence-electron chi connectivity index (χ3n) is 1.84. The minimum absolute atomic E-state index is 0.0535. The lowest BCUT2D eigenvalue weighted by Gasteiger charge is -2.10. The Balaban J connectivity index is 3.50. The number of ether oxygens (including phenoxy) is 1. The third-order valence-corrected chi connectivity index (χ3v) is 1.84. The van der Waals surface area contributed by atoms with Crippen molar-refractivity contribution in [2.75, 3.05) is 7.11 Å². The molecule has 0 aliphatic heterocycles. The van der Waals surface area contributed by atoms with Crippen molar-refractivity contribution in [1.82, 2.24) is 0 Å². The number of phenols is 2. The molecule has 0 heterocycles. The van der Waals surface area contributed by atoms with Gasteiger partial charge in [-0.15, -0.1) is 0 Å². The minimum atomic E-state index is -0.282. The molecule has 0 aliphatic carbocycles. The van der Waals surface area contributed by atoms with Crippen molar-refractivity contribution in [1.29, 1.82) is 0 Å². The molecule has 0 aromatic heterocycles. The van der Waals surface area contributed by atoms with Gasteiger partial charge in [0.25, 0.3) is 0 Å². The third kappa shape index (κ3) is 1.42. The van der Waals surface area contributed by atoms with Gasteiger partial charge in [-0.05, 0) is 6.92 Å². The van der Waals surface area contributed by atoms with Crippen LogP contribution in [0.1, 0.15) is 15.9 Å². The van der Waals surface area contributed by atoms with E-state index in [4.69, 9.17) is 4.74 Å². The molecule has 1 rings (SSSR count). The Hall–Kier alpha value is -1.71. The summed E-state index contributed by atoms with van der Waals surface area (Å²) >= 11 is 0. The van der Waals surface area contributed by atoms with Gasteiger partial charge >= 0.3 is 0 Å². The quantitative estimate of drug-likeness (QED) is 0.675. The van der Waals surface area contributed by atoms with E-state index >= 15 is 0 Å². The standard InChI is InChI=1S/C9H10O4/c1-5-7(11)3-8(12)6(4-10)9(5)13-2/h3-4,11-12H,1-2H3. The van der Waals surface area contributed by atoms with Crippen molar-refractivity contribution in [2.24, 2.45) is 0 Å². The number of carbonyl (C=O) groups is 1. The van der Waals surface area contributed by atoms with Gasteiger partial charge < -0.3 is 14.9 Å². The smallest absolute Gasteiger partial charge is 0.157 e. The molecule has 1 aromatic carbocycles. The first-order valence-corrected chi connectivity index (χ1v) is 3.66. The van der Waals surface area contributed by atoms with Gasteiger partial charge in [0.05, 0.1) is 12.7 Å². The Bertz CT molecular complexity index is 344. The van der Waals surface area contributed by atoms with E-state index in [0.717, 1.165) is 6.07 Å². The van der Waals surface area contributed by atoms with E-state index in [2.05, 4.69) is 0 Å².